The van der Waals surface area contributed by atoms with Gasteiger partial charge in [-0.15, -0.1) is 0 Å². The fourth-order valence-corrected chi connectivity index (χ4v) is 2.15. The van der Waals surface area contributed by atoms with E-state index in [2.05, 4.69) is 0 Å². The van der Waals surface area contributed by atoms with Crippen LogP contribution in [0.4, 0.5) is 10.1 Å². The van der Waals surface area contributed by atoms with Crippen LogP contribution in [0.1, 0.15) is 21.5 Å². The van der Waals surface area contributed by atoms with E-state index in [0.717, 1.165) is 11.1 Å². The molecular formula is C16H16FNO2. The van der Waals surface area contributed by atoms with Gasteiger partial charge in [0.05, 0.1) is 11.3 Å². The molecule has 0 aliphatic heterocycles. The molecule has 0 spiro atoms. The largest absolute Gasteiger partial charge is 0.478 e. The van der Waals surface area contributed by atoms with Crippen molar-refractivity contribution in [2.24, 2.45) is 0 Å². The molecule has 0 unspecified atom stereocenters. The van der Waals surface area contributed by atoms with Crippen LogP contribution in [0, 0.1) is 12.7 Å². The predicted molar refractivity (Wildman–Crippen MR) is 76.6 cm³/mol. The molecule has 3 nitrogen and oxygen atoms in total. The average Bonchev–Trinajstić information content (AvgIpc) is 2.38. The van der Waals surface area contributed by atoms with Crippen molar-refractivity contribution in [2.45, 2.75) is 13.5 Å². The average molecular weight is 273 g/mol. The summed E-state index contributed by atoms with van der Waals surface area (Å²) in [6, 6.07) is 11.6. The Morgan fingerprint density at radius 3 is 2.65 bits per heavy atom. The highest BCUT2D eigenvalue weighted by Crippen LogP contribution is 2.22. The van der Waals surface area contributed by atoms with Crippen molar-refractivity contribution in [2.75, 3.05) is 11.9 Å². The second-order valence-corrected chi connectivity index (χ2v) is 4.81. The van der Waals surface area contributed by atoms with E-state index in [-0.39, 0.29) is 11.4 Å². The summed E-state index contributed by atoms with van der Waals surface area (Å²) >= 11 is 0. The van der Waals surface area contributed by atoms with Crippen LogP contribution in [0.15, 0.2) is 42.5 Å². The van der Waals surface area contributed by atoms with Gasteiger partial charge in [0, 0.05) is 13.6 Å². The predicted octanol–water partition coefficient (Wildman–Crippen LogP) is 3.47. The van der Waals surface area contributed by atoms with Gasteiger partial charge in [-0.25, -0.2) is 9.18 Å². The maximum Gasteiger partial charge on any atom is 0.337 e. The fourth-order valence-electron chi connectivity index (χ4n) is 2.15. The molecule has 0 heterocycles. The quantitative estimate of drug-likeness (QED) is 0.927. The first-order valence-electron chi connectivity index (χ1n) is 6.27. The second-order valence-electron chi connectivity index (χ2n) is 4.81. The summed E-state index contributed by atoms with van der Waals surface area (Å²) < 4.78 is 13.2. The zero-order valence-corrected chi connectivity index (χ0v) is 11.4. The lowest BCUT2D eigenvalue weighted by molar-refractivity contribution is 0.0697. The van der Waals surface area contributed by atoms with Gasteiger partial charge < -0.3 is 10.0 Å². The van der Waals surface area contributed by atoms with Crippen LogP contribution in [-0.2, 0) is 6.54 Å². The molecule has 2 aromatic rings. The lowest BCUT2D eigenvalue weighted by Gasteiger charge is -2.21. The van der Waals surface area contributed by atoms with E-state index in [1.165, 1.54) is 12.1 Å². The van der Waals surface area contributed by atoms with E-state index in [1.54, 1.807) is 30.1 Å². The van der Waals surface area contributed by atoms with Crippen molar-refractivity contribution in [3.05, 3.63) is 65.0 Å². The van der Waals surface area contributed by atoms with Crippen LogP contribution < -0.4 is 4.90 Å². The molecule has 20 heavy (non-hydrogen) atoms. The number of carbonyl (C=O) groups is 1. The Kier molecular flexibility index (Phi) is 4.03. The van der Waals surface area contributed by atoms with Crippen molar-refractivity contribution in [1.82, 2.24) is 0 Å². The molecule has 1 N–H and O–H groups in total. The Balaban J connectivity index is 2.29. The Morgan fingerprint density at radius 2 is 2.00 bits per heavy atom. The van der Waals surface area contributed by atoms with Gasteiger partial charge in [0.2, 0.25) is 0 Å². The number of aromatic carboxylic acids is 1. The highest BCUT2D eigenvalue weighted by Gasteiger charge is 2.14. The Morgan fingerprint density at radius 1 is 1.25 bits per heavy atom. The highest BCUT2D eigenvalue weighted by atomic mass is 19.1. The molecule has 4 heteroatoms. The highest BCUT2D eigenvalue weighted by molar-refractivity contribution is 5.94. The molecule has 0 aliphatic rings. The molecule has 0 bridgehead atoms. The standard InChI is InChI=1S/C16H16FNO2/c1-11-6-7-15(14(8-11)16(19)20)18(2)10-12-4-3-5-13(17)9-12/h3-9H,10H2,1-2H3,(H,19,20). The number of nitrogens with zero attached hydrogens (tertiary/aromatic N) is 1. The molecule has 0 fully saturated rings. The van der Waals surface area contributed by atoms with Crippen LogP contribution in [0.25, 0.3) is 0 Å². The molecule has 0 atom stereocenters. The molecule has 2 aromatic carbocycles. The number of hydrogen-bond acceptors (Lipinski definition) is 2. The third kappa shape index (κ3) is 3.15. The summed E-state index contributed by atoms with van der Waals surface area (Å²) in [6.45, 7) is 2.30. The fraction of sp³-hybridized carbons (Fsp3) is 0.188. The Hall–Kier alpha value is -2.36. The van der Waals surface area contributed by atoms with Gasteiger partial charge in [-0.1, -0.05) is 23.8 Å². The van der Waals surface area contributed by atoms with E-state index < -0.39 is 5.97 Å². The number of benzene rings is 2. The molecule has 2 rings (SSSR count). The summed E-state index contributed by atoms with van der Waals surface area (Å²) in [5, 5.41) is 9.26. The van der Waals surface area contributed by atoms with Gasteiger partial charge in [-0.2, -0.15) is 0 Å². The molecule has 104 valence electrons. The number of carboxylic acid groups (broad SMARTS) is 1. The van der Waals surface area contributed by atoms with Crippen LogP contribution >= 0.6 is 0 Å². The first-order valence-corrected chi connectivity index (χ1v) is 6.27. The van der Waals surface area contributed by atoms with Crippen molar-refractivity contribution in [3.63, 3.8) is 0 Å². The maximum absolute atomic E-state index is 13.2. The molecule has 0 saturated carbocycles. The molecule has 0 aliphatic carbocycles. The van der Waals surface area contributed by atoms with E-state index in [0.29, 0.717) is 12.2 Å². The second kappa shape index (κ2) is 5.74. The van der Waals surface area contributed by atoms with Crippen LogP contribution in [0.5, 0.6) is 0 Å². The summed E-state index contributed by atoms with van der Waals surface area (Å²) in [4.78, 5) is 13.1. The van der Waals surface area contributed by atoms with Crippen LogP contribution in [0.2, 0.25) is 0 Å². The van der Waals surface area contributed by atoms with Crippen LogP contribution in [-0.4, -0.2) is 18.1 Å². The number of hydrogen-bond donors (Lipinski definition) is 1. The summed E-state index contributed by atoms with van der Waals surface area (Å²) in [7, 11) is 1.79. The smallest absolute Gasteiger partial charge is 0.337 e. The molecule has 0 radical (unpaired) electrons. The normalized spacial score (nSPS) is 10.3. The number of halogens is 1. The van der Waals surface area contributed by atoms with Gasteiger partial charge in [0.1, 0.15) is 5.82 Å². The minimum absolute atomic E-state index is 0.254. The van der Waals surface area contributed by atoms with Crippen molar-refractivity contribution < 1.29 is 14.3 Å². The topological polar surface area (TPSA) is 40.5 Å². The lowest BCUT2D eigenvalue weighted by Crippen LogP contribution is -2.19. The van der Waals surface area contributed by atoms with Crippen molar-refractivity contribution in [1.29, 1.82) is 0 Å². The van der Waals surface area contributed by atoms with E-state index in [1.807, 2.05) is 19.1 Å². The Labute approximate surface area is 117 Å². The van der Waals surface area contributed by atoms with Crippen molar-refractivity contribution >= 4 is 11.7 Å². The summed E-state index contributed by atoms with van der Waals surface area (Å²) in [5.74, 6) is -1.26. The maximum atomic E-state index is 13.2. The third-order valence-corrected chi connectivity index (χ3v) is 3.10. The monoisotopic (exact) mass is 273 g/mol. The van der Waals surface area contributed by atoms with Gasteiger partial charge in [-0.3, -0.25) is 0 Å². The number of aryl methyl sites for hydroxylation is 1. The SMILES string of the molecule is Cc1ccc(N(C)Cc2cccc(F)c2)c(C(=O)O)c1. The zero-order valence-electron chi connectivity index (χ0n) is 11.4. The van der Waals surface area contributed by atoms with E-state index >= 15 is 0 Å². The van der Waals surface area contributed by atoms with Crippen molar-refractivity contribution in [3.8, 4) is 0 Å². The minimum Gasteiger partial charge on any atom is -0.478 e. The number of carboxylic acids is 1. The molecule has 0 aromatic heterocycles. The van der Waals surface area contributed by atoms with Gasteiger partial charge in [0.25, 0.3) is 0 Å². The molecular weight excluding hydrogens is 257 g/mol. The third-order valence-electron chi connectivity index (χ3n) is 3.10. The van der Waals surface area contributed by atoms with E-state index in [4.69, 9.17) is 0 Å². The summed E-state index contributed by atoms with van der Waals surface area (Å²) in [6.07, 6.45) is 0. The number of rotatable bonds is 4. The lowest BCUT2D eigenvalue weighted by atomic mass is 10.1. The zero-order chi connectivity index (χ0) is 14.7. The minimum atomic E-state index is -0.963. The number of anilines is 1. The first kappa shape index (κ1) is 14.1. The van der Waals surface area contributed by atoms with E-state index in [9.17, 15) is 14.3 Å². The molecule has 0 amide bonds. The van der Waals surface area contributed by atoms with Gasteiger partial charge in [-0.05, 0) is 36.8 Å². The van der Waals surface area contributed by atoms with Gasteiger partial charge in [0.15, 0.2) is 0 Å². The Bertz CT molecular complexity index is 640. The molecule has 0 saturated heterocycles. The van der Waals surface area contributed by atoms with Crippen LogP contribution in [0.3, 0.4) is 0 Å². The van der Waals surface area contributed by atoms with Gasteiger partial charge >= 0.3 is 5.97 Å². The first-order chi connectivity index (χ1) is 9.47. The summed E-state index contributed by atoms with van der Waals surface area (Å²) in [5.41, 5.74) is 2.56.